The smallest absolute Gasteiger partial charge is 0.328 e. The van der Waals surface area contributed by atoms with Crippen LogP contribution < -0.4 is 5.32 Å². The van der Waals surface area contributed by atoms with Crippen molar-refractivity contribution in [2.45, 2.75) is 4.90 Å². The van der Waals surface area contributed by atoms with Gasteiger partial charge in [-0.3, -0.25) is 4.79 Å². The van der Waals surface area contributed by atoms with Crippen molar-refractivity contribution >= 4 is 23.6 Å². The van der Waals surface area contributed by atoms with Gasteiger partial charge in [0.15, 0.2) is 0 Å². The molecule has 96 valence electrons. The fourth-order valence-electron chi connectivity index (χ4n) is 1.06. The van der Waals surface area contributed by atoms with Crippen LogP contribution >= 0.6 is 11.8 Å². The summed E-state index contributed by atoms with van der Waals surface area (Å²) in [6, 6.07) is 5.85. The van der Waals surface area contributed by atoms with Gasteiger partial charge in [0.1, 0.15) is 5.82 Å². The Balaban J connectivity index is 2.25. The molecule has 0 saturated heterocycles. The second-order valence-corrected chi connectivity index (χ2v) is 4.34. The van der Waals surface area contributed by atoms with Crippen LogP contribution in [0.15, 0.2) is 41.3 Å². The summed E-state index contributed by atoms with van der Waals surface area (Å²) in [7, 11) is 0. The standard InChI is InChI=1S/C12H12FNO3S/c13-9-3-5-10(6-4-9)18-8-11(15)14-7-1-2-12(16)17/h1-6H,7-8H2,(H,14,15)(H,16,17)/b2-1+. The van der Waals surface area contributed by atoms with E-state index in [1.54, 1.807) is 12.1 Å². The van der Waals surface area contributed by atoms with Crippen LogP contribution in [0.4, 0.5) is 4.39 Å². The summed E-state index contributed by atoms with van der Waals surface area (Å²) in [4.78, 5) is 22.3. The molecule has 0 bridgehead atoms. The van der Waals surface area contributed by atoms with Crippen molar-refractivity contribution in [2.75, 3.05) is 12.3 Å². The number of carbonyl (C=O) groups excluding carboxylic acids is 1. The quantitative estimate of drug-likeness (QED) is 0.609. The third-order valence-electron chi connectivity index (χ3n) is 1.86. The molecule has 4 nitrogen and oxygen atoms in total. The van der Waals surface area contributed by atoms with Crippen molar-refractivity contribution in [3.63, 3.8) is 0 Å². The number of amides is 1. The highest BCUT2D eigenvalue weighted by Gasteiger charge is 2.01. The number of carbonyl (C=O) groups is 2. The lowest BCUT2D eigenvalue weighted by molar-refractivity contribution is -0.131. The minimum Gasteiger partial charge on any atom is -0.478 e. The zero-order chi connectivity index (χ0) is 13.4. The molecule has 1 amide bonds. The highest BCUT2D eigenvalue weighted by molar-refractivity contribution is 8.00. The van der Waals surface area contributed by atoms with Gasteiger partial charge in [-0.15, -0.1) is 11.8 Å². The van der Waals surface area contributed by atoms with Crippen LogP contribution in [0, 0.1) is 5.82 Å². The summed E-state index contributed by atoms with van der Waals surface area (Å²) in [5.74, 6) is -1.38. The first-order valence-electron chi connectivity index (χ1n) is 5.12. The summed E-state index contributed by atoms with van der Waals surface area (Å²) in [5.41, 5.74) is 0. The molecule has 1 rings (SSSR count). The summed E-state index contributed by atoms with van der Waals surface area (Å²) < 4.78 is 12.6. The number of hydrogen-bond donors (Lipinski definition) is 2. The number of halogens is 1. The van der Waals surface area contributed by atoms with Crippen LogP contribution in [-0.2, 0) is 9.59 Å². The van der Waals surface area contributed by atoms with E-state index in [4.69, 9.17) is 5.11 Å². The zero-order valence-corrected chi connectivity index (χ0v) is 10.2. The van der Waals surface area contributed by atoms with Crippen LogP contribution in [0.25, 0.3) is 0 Å². The third kappa shape index (κ3) is 6.05. The minimum absolute atomic E-state index is 0.176. The van der Waals surface area contributed by atoms with Crippen molar-refractivity contribution in [3.8, 4) is 0 Å². The van der Waals surface area contributed by atoms with E-state index in [2.05, 4.69) is 5.32 Å². The number of benzene rings is 1. The highest BCUT2D eigenvalue weighted by atomic mass is 32.2. The van der Waals surface area contributed by atoms with Gasteiger partial charge in [0.05, 0.1) is 5.75 Å². The molecule has 0 heterocycles. The Morgan fingerprint density at radius 2 is 2.00 bits per heavy atom. The zero-order valence-electron chi connectivity index (χ0n) is 9.43. The molecule has 2 N–H and O–H groups in total. The lowest BCUT2D eigenvalue weighted by atomic mass is 10.4. The monoisotopic (exact) mass is 269 g/mol. The van der Waals surface area contributed by atoms with Crippen molar-refractivity contribution < 1.29 is 19.1 Å². The molecule has 0 spiro atoms. The van der Waals surface area contributed by atoms with Crippen molar-refractivity contribution in [1.29, 1.82) is 0 Å². The summed E-state index contributed by atoms with van der Waals surface area (Å²) in [6.45, 7) is 0.176. The molecule has 0 radical (unpaired) electrons. The van der Waals surface area contributed by atoms with Gasteiger partial charge in [-0.05, 0) is 24.3 Å². The molecule has 0 fully saturated rings. The van der Waals surface area contributed by atoms with Crippen LogP contribution in [0.5, 0.6) is 0 Å². The molecule has 0 aliphatic heterocycles. The average molecular weight is 269 g/mol. The van der Waals surface area contributed by atoms with E-state index < -0.39 is 5.97 Å². The van der Waals surface area contributed by atoms with Gasteiger partial charge in [0, 0.05) is 17.5 Å². The van der Waals surface area contributed by atoms with Crippen LogP contribution in [-0.4, -0.2) is 29.3 Å². The molecule has 0 saturated carbocycles. The van der Waals surface area contributed by atoms with Gasteiger partial charge in [0.25, 0.3) is 0 Å². The predicted octanol–water partition coefficient (Wildman–Crippen LogP) is 1.67. The maximum atomic E-state index is 12.6. The highest BCUT2D eigenvalue weighted by Crippen LogP contribution is 2.17. The van der Waals surface area contributed by atoms with E-state index in [0.29, 0.717) is 0 Å². The maximum Gasteiger partial charge on any atom is 0.328 e. The lowest BCUT2D eigenvalue weighted by Crippen LogP contribution is -2.25. The number of rotatable bonds is 6. The van der Waals surface area contributed by atoms with Crippen LogP contribution in [0.2, 0.25) is 0 Å². The first-order valence-corrected chi connectivity index (χ1v) is 6.11. The molecule has 1 aromatic carbocycles. The normalized spacial score (nSPS) is 10.5. The molecule has 0 aliphatic carbocycles. The molecule has 0 aromatic heterocycles. The Kier molecular flexibility index (Phi) is 5.93. The number of thioether (sulfide) groups is 1. The molecule has 0 unspecified atom stereocenters. The molecule has 0 atom stereocenters. The largest absolute Gasteiger partial charge is 0.478 e. The van der Waals surface area contributed by atoms with Gasteiger partial charge in [-0.25, -0.2) is 9.18 Å². The Bertz CT molecular complexity index is 445. The fourth-order valence-corrected chi connectivity index (χ4v) is 1.79. The van der Waals surface area contributed by atoms with Gasteiger partial charge in [-0.2, -0.15) is 0 Å². The summed E-state index contributed by atoms with van der Waals surface area (Å²) in [6.07, 6.45) is 2.32. The summed E-state index contributed by atoms with van der Waals surface area (Å²) in [5, 5.41) is 10.9. The van der Waals surface area contributed by atoms with E-state index >= 15 is 0 Å². The number of aliphatic carboxylic acids is 1. The first kappa shape index (κ1) is 14.2. The minimum atomic E-state index is -1.05. The third-order valence-corrected chi connectivity index (χ3v) is 2.87. The molecule has 18 heavy (non-hydrogen) atoms. The van der Waals surface area contributed by atoms with Gasteiger partial charge >= 0.3 is 5.97 Å². The van der Waals surface area contributed by atoms with Gasteiger partial charge < -0.3 is 10.4 Å². The predicted molar refractivity (Wildman–Crippen MR) is 66.9 cm³/mol. The van der Waals surface area contributed by atoms with E-state index in [9.17, 15) is 14.0 Å². The Morgan fingerprint density at radius 3 is 2.61 bits per heavy atom. The Labute approximate surface area is 108 Å². The molecule has 6 heteroatoms. The van der Waals surface area contributed by atoms with E-state index in [1.165, 1.54) is 30.0 Å². The number of carboxylic acids is 1. The van der Waals surface area contributed by atoms with E-state index in [1.807, 2.05) is 0 Å². The Morgan fingerprint density at radius 1 is 1.33 bits per heavy atom. The van der Waals surface area contributed by atoms with Crippen molar-refractivity contribution in [2.24, 2.45) is 0 Å². The number of hydrogen-bond acceptors (Lipinski definition) is 3. The molecular formula is C12H12FNO3S. The van der Waals surface area contributed by atoms with Gasteiger partial charge in [0.2, 0.25) is 5.91 Å². The van der Waals surface area contributed by atoms with Crippen LogP contribution in [0.3, 0.4) is 0 Å². The topological polar surface area (TPSA) is 66.4 Å². The van der Waals surface area contributed by atoms with Crippen molar-refractivity contribution in [1.82, 2.24) is 5.32 Å². The Hall–Kier alpha value is -1.82. The van der Waals surface area contributed by atoms with Crippen molar-refractivity contribution in [3.05, 3.63) is 42.2 Å². The van der Waals surface area contributed by atoms with E-state index in [-0.39, 0.29) is 24.0 Å². The first-order chi connectivity index (χ1) is 8.58. The number of carboxylic acid groups (broad SMARTS) is 1. The van der Waals surface area contributed by atoms with Gasteiger partial charge in [-0.1, -0.05) is 6.08 Å². The lowest BCUT2D eigenvalue weighted by Gasteiger charge is -2.02. The number of nitrogens with one attached hydrogen (secondary N) is 1. The van der Waals surface area contributed by atoms with E-state index in [0.717, 1.165) is 11.0 Å². The molecule has 1 aromatic rings. The SMILES string of the molecule is O=C(O)/C=C/CNC(=O)CSc1ccc(F)cc1. The van der Waals surface area contributed by atoms with Crippen LogP contribution in [0.1, 0.15) is 0 Å². The molecule has 0 aliphatic rings. The maximum absolute atomic E-state index is 12.6. The fraction of sp³-hybridized carbons (Fsp3) is 0.167. The molecular weight excluding hydrogens is 257 g/mol. The second-order valence-electron chi connectivity index (χ2n) is 3.29. The average Bonchev–Trinajstić information content (AvgIpc) is 2.34. The second kappa shape index (κ2) is 7.50. The summed E-state index contributed by atoms with van der Waals surface area (Å²) >= 11 is 1.28.